The molecule has 0 aliphatic rings. The van der Waals surface area contributed by atoms with Crippen LogP contribution < -0.4 is 16.4 Å². The van der Waals surface area contributed by atoms with Crippen LogP contribution in [0.3, 0.4) is 0 Å². The molecule has 2 aromatic rings. The normalized spacial score (nSPS) is 11.6. The number of fused-ring (bicyclic) bond motifs is 1. The van der Waals surface area contributed by atoms with Crippen molar-refractivity contribution in [3.05, 3.63) is 34.3 Å². The lowest BCUT2D eigenvalue weighted by atomic mass is 10.2. The molecule has 19 heavy (non-hydrogen) atoms. The summed E-state index contributed by atoms with van der Waals surface area (Å²) in [6, 6.07) is 6.36. The zero-order valence-corrected chi connectivity index (χ0v) is 11.7. The van der Waals surface area contributed by atoms with Gasteiger partial charge in [0.2, 0.25) is 0 Å². The monoisotopic (exact) mass is 263 g/mol. The number of aryl methyl sites for hydroxylation is 1. The largest absolute Gasteiger partial charge is 0.419 e. The molecule has 5 nitrogen and oxygen atoms in total. The topological polar surface area (TPSA) is 59.2 Å². The van der Waals surface area contributed by atoms with Gasteiger partial charge in [-0.2, -0.15) is 0 Å². The Morgan fingerprint density at radius 2 is 2.11 bits per heavy atom. The second-order valence-corrected chi connectivity index (χ2v) is 5.01. The van der Waals surface area contributed by atoms with E-state index in [0.29, 0.717) is 11.6 Å². The Bertz CT molecular complexity index is 598. The van der Waals surface area contributed by atoms with Gasteiger partial charge in [0.25, 0.3) is 0 Å². The number of nitrogens with one attached hydrogen (secondary N) is 2. The van der Waals surface area contributed by atoms with E-state index in [1.807, 2.05) is 18.2 Å². The number of hydrogen-bond donors (Lipinski definition) is 2. The fourth-order valence-electron chi connectivity index (χ4n) is 1.97. The molecule has 1 heterocycles. The number of rotatable bonds is 6. The van der Waals surface area contributed by atoms with Crippen LogP contribution in [0, 0.1) is 0 Å². The highest BCUT2D eigenvalue weighted by Gasteiger charge is 2.05. The van der Waals surface area contributed by atoms with Crippen LogP contribution in [-0.2, 0) is 13.6 Å². The van der Waals surface area contributed by atoms with Crippen molar-refractivity contribution >= 4 is 11.1 Å². The van der Waals surface area contributed by atoms with Gasteiger partial charge in [0.05, 0.1) is 5.52 Å². The molecule has 0 bridgehead atoms. The molecule has 0 saturated carbocycles. The van der Waals surface area contributed by atoms with Gasteiger partial charge in [-0.1, -0.05) is 19.9 Å². The Labute approximate surface area is 112 Å². The lowest BCUT2D eigenvalue weighted by Gasteiger charge is -2.09. The van der Waals surface area contributed by atoms with E-state index in [1.165, 1.54) is 4.57 Å². The second kappa shape index (κ2) is 6.04. The summed E-state index contributed by atoms with van der Waals surface area (Å²) in [5.41, 5.74) is 2.59. The Morgan fingerprint density at radius 3 is 2.84 bits per heavy atom. The Balaban J connectivity index is 1.93. The van der Waals surface area contributed by atoms with Gasteiger partial charge in [0, 0.05) is 32.7 Å². The zero-order valence-electron chi connectivity index (χ0n) is 11.7. The summed E-state index contributed by atoms with van der Waals surface area (Å²) in [5.74, 6) is -0.318. The van der Waals surface area contributed by atoms with Gasteiger partial charge in [-0.3, -0.25) is 4.57 Å². The van der Waals surface area contributed by atoms with Crippen LogP contribution in [0.2, 0.25) is 0 Å². The molecule has 1 aromatic carbocycles. The average Bonchev–Trinajstić information content (AvgIpc) is 2.64. The van der Waals surface area contributed by atoms with Crippen LogP contribution in [0.4, 0.5) is 0 Å². The smallest absolute Gasteiger partial charge is 0.408 e. The molecule has 0 saturated heterocycles. The van der Waals surface area contributed by atoms with E-state index in [0.717, 1.165) is 30.7 Å². The lowest BCUT2D eigenvalue weighted by Crippen LogP contribution is -2.31. The minimum atomic E-state index is -0.318. The van der Waals surface area contributed by atoms with Crippen molar-refractivity contribution in [2.45, 2.75) is 26.4 Å². The van der Waals surface area contributed by atoms with Crippen molar-refractivity contribution in [2.75, 3.05) is 13.1 Å². The molecule has 0 radical (unpaired) electrons. The molecular weight excluding hydrogens is 242 g/mol. The Morgan fingerprint density at radius 1 is 1.32 bits per heavy atom. The van der Waals surface area contributed by atoms with Crippen LogP contribution in [0.15, 0.2) is 27.4 Å². The van der Waals surface area contributed by atoms with Gasteiger partial charge >= 0.3 is 5.76 Å². The number of aromatic nitrogens is 1. The molecule has 1 aromatic heterocycles. The van der Waals surface area contributed by atoms with Crippen LogP contribution >= 0.6 is 0 Å². The maximum atomic E-state index is 11.4. The molecule has 0 unspecified atom stereocenters. The third-order valence-electron chi connectivity index (χ3n) is 3.04. The van der Waals surface area contributed by atoms with Gasteiger partial charge in [-0.25, -0.2) is 4.79 Å². The minimum Gasteiger partial charge on any atom is -0.408 e. The van der Waals surface area contributed by atoms with Gasteiger partial charge in [-0.15, -0.1) is 0 Å². The predicted octanol–water partition coefficient (Wildman–Crippen LogP) is 1.22. The van der Waals surface area contributed by atoms with E-state index in [4.69, 9.17) is 4.42 Å². The van der Waals surface area contributed by atoms with Gasteiger partial charge < -0.3 is 15.1 Å². The molecule has 0 amide bonds. The third-order valence-corrected chi connectivity index (χ3v) is 3.04. The highest BCUT2D eigenvalue weighted by Crippen LogP contribution is 2.13. The lowest BCUT2D eigenvalue weighted by molar-refractivity contribution is 0.527. The van der Waals surface area contributed by atoms with E-state index < -0.39 is 0 Å². The molecular formula is C14H21N3O2. The molecule has 0 spiro atoms. The van der Waals surface area contributed by atoms with E-state index in [9.17, 15) is 4.79 Å². The molecule has 0 aliphatic carbocycles. The van der Waals surface area contributed by atoms with E-state index in [2.05, 4.69) is 24.5 Å². The summed E-state index contributed by atoms with van der Waals surface area (Å²) in [6.45, 7) is 6.89. The van der Waals surface area contributed by atoms with Gasteiger partial charge in [0.1, 0.15) is 0 Å². The second-order valence-electron chi connectivity index (χ2n) is 5.01. The number of benzene rings is 1. The highest BCUT2D eigenvalue weighted by atomic mass is 16.4. The van der Waals surface area contributed by atoms with Crippen molar-refractivity contribution in [1.29, 1.82) is 0 Å². The maximum absolute atomic E-state index is 11.4. The Hall–Kier alpha value is -1.59. The first-order chi connectivity index (χ1) is 9.08. The molecule has 0 aliphatic heterocycles. The van der Waals surface area contributed by atoms with Crippen molar-refractivity contribution in [3.63, 3.8) is 0 Å². The van der Waals surface area contributed by atoms with Crippen LogP contribution in [-0.4, -0.2) is 23.7 Å². The van der Waals surface area contributed by atoms with Crippen LogP contribution in [0.1, 0.15) is 19.4 Å². The van der Waals surface area contributed by atoms with Crippen molar-refractivity contribution < 1.29 is 4.42 Å². The third kappa shape index (κ3) is 3.45. The number of nitrogens with zero attached hydrogens (tertiary/aromatic N) is 1. The Kier molecular flexibility index (Phi) is 4.39. The average molecular weight is 263 g/mol. The highest BCUT2D eigenvalue weighted by molar-refractivity contribution is 5.73. The summed E-state index contributed by atoms with van der Waals surface area (Å²) in [7, 11) is 1.71. The summed E-state index contributed by atoms with van der Waals surface area (Å²) in [6.07, 6.45) is 0. The number of hydrogen-bond acceptors (Lipinski definition) is 4. The van der Waals surface area contributed by atoms with Crippen molar-refractivity contribution in [3.8, 4) is 0 Å². The van der Waals surface area contributed by atoms with E-state index >= 15 is 0 Å². The van der Waals surface area contributed by atoms with Crippen LogP contribution in [0.25, 0.3) is 11.1 Å². The SMILES string of the molecule is CC(C)NCCNCc1ccc2c(c1)oc(=O)n2C. The molecule has 2 N–H and O–H groups in total. The summed E-state index contributed by atoms with van der Waals surface area (Å²) >= 11 is 0. The maximum Gasteiger partial charge on any atom is 0.419 e. The minimum absolute atomic E-state index is 0.318. The summed E-state index contributed by atoms with van der Waals surface area (Å²) in [5, 5.41) is 6.70. The quantitative estimate of drug-likeness (QED) is 0.769. The first-order valence-electron chi connectivity index (χ1n) is 6.60. The zero-order chi connectivity index (χ0) is 13.8. The fraction of sp³-hybridized carbons (Fsp3) is 0.500. The fourth-order valence-corrected chi connectivity index (χ4v) is 1.97. The molecule has 104 valence electrons. The van der Waals surface area contributed by atoms with Crippen molar-refractivity contribution in [1.82, 2.24) is 15.2 Å². The van der Waals surface area contributed by atoms with Crippen molar-refractivity contribution in [2.24, 2.45) is 7.05 Å². The van der Waals surface area contributed by atoms with Crippen LogP contribution in [0.5, 0.6) is 0 Å². The molecule has 5 heteroatoms. The molecule has 0 atom stereocenters. The van der Waals surface area contributed by atoms with E-state index in [-0.39, 0.29) is 5.76 Å². The number of oxazole rings is 1. The summed E-state index contributed by atoms with van der Waals surface area (Å²) in [4.78, 5) is 11.4. The summed E-state index contributed by atoms with van der Waals surface area (Å²) < 4.78 is 6.68. The molecule has 0 fully saturated rings. The van der Waals surface area contributed by atoms with Gasteiger partial charge in [-0.05, 0) is 17.7 Å². The molecule has 2 rings (SSSR count). The predicted molar refractivity (Wildman–Crippen MR) is 76.3 cm³/mol. The standard InChI is InChI=1S/C14H21N3O2/c1-10(2)16-7-6-15-9-11-4-5-12-13(8-11)19-14(18)17(12)3/h4-5,8,10,15-16H,6-7,9H2,1-3H3. The first-order valence-corrected chi connectivity index (χ1v) is 6.60. The first kappa shape index (κ1) is 13.8. The van der Waals surface area contributed by atoms with E-state index in [1.54, 1.807) is 7.05 Å². The van der Waals surface area contributed by atoms with Gasteiger partial charge in [0.15, 0.2) is 5.58 Å².